The average molecular weight is 334 g/mol. The lowest BCUT2D eigenvalue weighted by Crippen LogP contribution is -2.33. The average Bonchev–Trinajstić information content (AvgIpc) is 2.25. The fraction of sp³-hybridized carbons (Fsp3) is 0.417. The second-order valence-electron chi connectivity index (χ2n) is 4.30. The molecule has 0 spiro atoms. The van der Waals surface area contributed by atoms with Crippen LogP contribution in [0.5, 0.6) is 0 Å². The van der Waals surface area contributed by atoms with E-state index in [-0.39, 0.29) is 17.7 Å². The SMILES string of the molecule is C[C@H](CCS(C)(=O)=O)NC(=O)c1cccc(Br)c1. The van der Waals surface area contributed by atoms with Crippen LogP contribution in [0, 0.1) is 0 Å². The van der Waals surface area contributed by atoms with Gasteiger partial charge in [0, 0.05) is 22.3 Å². The Morgan fingerprint density at radius 3 is 2.67 bits per heavy atom. The second kappa shape index (κ2) is 6.33. The lowest BCUT2D eigenvalue weighted by molar-refractivity contribution is 0.0939. The predicted molar refractivity (Wildman–Crippen MR) is 75.4 cm³/mol. The minimum atomic E-state index is -2.99. The molecular formula is C12H16BrNO3S. The van der Waals surface area contributed by atoms with Crippen molar-refractivity contribution < 1.29 is 13.2 Å². The Morgan fingerprint density at radius 2 is 2.11 bits per heavy atom. The van der Waals surface area contributed by atoms with Gasteiger partial charge in [0.1, 0.15) is 9.84 Å². The molecule has 1 aromatic rings. The van der Waals surface area contributed by atoms with Crippen molar-refractivity contribution in [3.63, 3.8) is 0 Å². The highest BCUT2D eigenvalue weighted by Crippen LogP contribution is 2.11. The van der Waals surface area contributed by atoms with E-state index in [1.165, 1.54) is 6.26 Å². The third-order valence-electron chi connectivity index (χ3n) is 2.39. The van der Waals surface area contributed by atoms with Crippen LogP contribution in [0.1, 0.15) is 23.7 Å². The minimum Gasteiger partial charge on any atom is -0.350 e. The third-order valence-corrected chi connectivity index (χ3v) is 3.86. The van der Waals surface area contributed by atoms with Crippen molar-refractivity contribution >= 4 is 31.7 Å². The number of benzene rings is 1. The van der Waals surface area contributed by atoms with Crippen molar-refractivity contribution in [1.82, 2.24) is 5.32 Å². The number of sulfone groups is 1. The first-order valence-corrected chi connectivity index (χ1v) is 8.37. The molecule has 0 radical (unpaired) electrons. The van der Waals surface area contributed by atoms with Gasteiger partial charge in [-0.1, -0.05) is 22.0 Å². The molecule has 0 bridgehead atoms. The molecule has 0 unspecified atom stereocenters. The molecular weight excluding hydrogens is 318 g/mol. The summed E-state index contributed by atoms with van der Waals surface area (Å²) in [7, 11) is -2.99. The highest BCUT2D eigenvalue weighted by Gasteiger charge is 2.12. The summed E-state index contributed by atoms with van der Waals surface area (Å²) in [5.74, 6) is -0.121. The summed E-state index contributed by atoms with van der Waals surface area (Å²) in [6.07, 6.45) is 1.61. The summed E-state index contributed by atoms with van der Waals surface area (Å²) in [6.45, 7) is 1.79. The van der Waals surface area contributed by atoms with E-state index in [0.29, 0.717) is 12.0 Å². The van der Waals surface area contributed by atoms with Crippen LogP contribution in [0.2, 0.25) is 0 Å². The number of carbonyl (C=O) groups is 1. The van der Waals surface area contributed by atoms with Gasteiger partial charge in [-0.25, -0.2) is 8.42 Å². The van der Waals surface area contributed by atoms with Gasteiger partial charge in [0.15, 0.2) is 0 Å². The first-order chi connectivity index (χ1) is 8.28. The molecule has 0 aliphatic carbocycles. The molecule has 6 heteroatoms. The maximum atomic E-state index is 11.9. The number of rotatable bonds is 5. The largest absolute Gasteiger partial charge is 0.350 e. The number of halogens is 1. The Labute approximate surface area is 116 Å². The molecule has 1 atom stereocenters. The van der Waals surface area contributed by atoms with Gasteiger partial charge in [-0.2, -0.15) is 0 Å². The van der Waals surface area contributed by atoms with Crippen LogP contribution in [0.25, 0.3) is 0 Å². The molecule has 0 saturated heterocycles. The van der Waals surface area contributed by atoms with Gasteiger partial charge in [-0.3, -0.25) is 4.79 Å². The fourth-order valence-electron chi connectivity index (χ4n) is 1.40. The molecule has 0 aromatic heterocycles. The quantitative estimate of drug-likeness (QED) is 0.896. The lowest BCUT2D eigenvalue weighted by Gasteiger charge is -2.13. The molecule has 1 N–H and O–H groups in total. The lowest BCUT2D eigenvalue weighted by atomic mass is 10.2. The zero-order valence-electron chi connectivity index (χ0n) is 10.3. The molecule has 1 aromatic carbocycles. The first kappa shape index (κ1) is 15.2. The number of hydrogen-bond acceptors (Lipinski definition) is 3. The highest BCUT2D eigenvalue weighted by molar-refractivity contribution is 9.10. The molecule has 0 heterocycles. The Morgan fingerprint density at radius 1 is 1.44 bits per heavy atom. The molecule has 4 nitrogen and oxygen atoms in total. The summed E-state index contributed by atoms with van der Waals surface area (Å²) >= 11 is 3.29. The summed E-state index contributed by atoms with van der Waals surface area (Å²) in [4.78, 5) is 11.9. The standard InChI is InChI=1S/C12H16BrNO3S/c1-9(6-7-18(2,16)17)14-12(15)10-4-3-5-11(13)8-10/h3-5,8-9H,6-7H2,1-2H3,(H,14,15)/t9-/m1/s1. The van der Waals surface area contributed by atoms with Crippen LogP contribution >= 0.6 is 15.9 Å². The van der Waals surface area contributed by atoms with Crippen molar-refractivity contribution in [3.05, 3.63) is 34.3 Å². The van der Waals surface area contributed by atoms with Crippen LogP contribution in [-0.4, -0.2) is 32.4 Å². The van der Waals surface area contributed by atoms with Gasteiger partial charge in [-0.15, -0.1) is 0 Å². The highest BCUT2D eigenvalue weighted by atomic mass is 79.9. The summed E-state index contributed by atoms with van der Waals surface area (Å²) in [5, 5.41) is 2.77. The topological polar surface area (TPSA) is 63.2 Å². The van der Waals surface area contributed by atoms with Crippen LogP contribution in [0.4, 0.5) is 0 Å². The van der Waals surface area contributed by atoms with E-state index in [1.54, 1.807) is 25.1 Å². The van der Waals surface area contributed by atoms with Gasteiger partial charge >= 0.3 is 0 Å². The molecule has 18 heavy (non-hydrogen) atoms. The summed E-state index contributed by atoms with van der Waals surface area (Å²) in [5.41, 5.74) is 0.551. The first-order valence-electron chi connectivity index (χ1n) is 5.52. The zero-order chi connectivity index (χ0) is 13.8. The second-order valence-corrected chi connectivity index (χ2v) is 7.48. The van der Waals surface area contributed by atoms with Crippen LogP contribution < -0.4 is 5.32 Å². The normalized spacial score (nSPS) is 13.1. The van der Waals surface area contributed by atoms with Crippen LogP contribution in [0.3, 0.4) is 0 Å². The van der Waals surface area contributed by atoms with E-state index in [4.69, 9.17) is 0 Å². The molecule has 100 valence electrons. The summed E-state index contributed by atoms with van der Waals surface area (Å²) < 4.78 is 22.9. The molecule has 1 amide bonds. The van der Waals surface area contributed by atoms with Crippen molar-refractivity contribution in [1.29, 1.82) is 0 Å². The van der Waals surface area contributed by atoms with Gasteiger partial charge < -0.3 is 5.32 Å². The van der Waals surface area contributed by atoms with Crippen molar-refractivity contribution in [3.8, 4) is 0 Å². The Kier molecular flexibility index (Phi) is 5.34. The Balaban J connectivity index is 2.55. The Bertz CT molecular complexity index is 528. The number of nitrogens with one attached hydrogen (secondary N) is 1. The van der Waals surface area contributed by atoms with E-state index < -0.39 is 9.84 Å². The van der Waals surface area contributed by atoms with Crippen LogP contribution in [0.15, 0.2) is 28.7 Å². The number of hydrogen-bond donors (Lipinski definition) is 1. The zero-order valence-corrected chi connectivity index (χ0v) is 12.7. The van der Waals surface area contributed by atoms with E-state index in [0.717, 1.165) is 4.47 Å². The maximum Gasteiger partial charge on any atom is 0.251 e. The molecule has 0 aliphatic heterocycles. The number of carbonyl (C=O) groups excluding carboxylic acids is 1. The van der Waals surface area contributed by atoms with E-state index in [9.17, 15) is 13.2 Å². The van der Waals surface area contributed by atoms with Gasteiger partial charge in [0.2, 0.25) is 0 Å². The van der Waals surface area contributed by atoms with Crippen molar-refractivity contribution in [2.45, 2.75) is 19.4 Å². The predicted octanol–water partition coefficient (Wildman–Crippen LogP) is 2.00. The minimum absolute atomic E-state index is 0.0763. The monoisotopic (exact) mass is 333 g/mol. The molecule has 1 rings (SSSR count). The third kappa shape index (κ3) is 5.64. The van der Waals surface area contributed by atoms with E-state index >= 15 is 0 Å². The van der Waals surface area contributed by atoms with Crippen molar-refractivity contribution in [2.75, 3.05) is 12.0 Å². The van der Waals surface area contributed by atoms with E-state index in [2.05, 4.69) is 21.2 Å². The van der Waals surface area contributed by atoms with Gasteiger partial charge in [-0.05, 0) is 31.5 Å². The maximum absolute atomic E-state index is 11.9. The molecule has 0 aliphatic rings. The molecule has 0 fully saturated rings. The Hall–Kier alpha value is -0.880. The van der Waals surface area contributed by atoms with E-state index in [1.807, 2.05) is 6.07 Å². The van der Waals surface area contributed by atoms with Crippen LogP contribution in [-0.2, 0) is 9.84 Å². The fourth-order valence-corrected chi connectivity index (χ4v) is 2.58. The number of amides is 1. The van der Waals surface area contributed by atoms with Gasteiger partial charge in [0.05, 0.1) is 5.75 Å². The van der Waals surface area contributed by atoms with Crippen molar-refractivity contribution in [2.24, 2.45) is 0 Å². The smallest absolute Gasteiger partial charge is 0.251 e. The summed E-state index contributed by atoms with van der Waals surface area (Å²) in [6, 6.07) is 6.87. The van der Waals surface area contributed by atoms with Gasteiger partial charge in [0.25, 0.3) is 5.91 Å². The molecule has 0 saturated carbocycles.